The van der Waals surface area contributed by atoms with Crippen molar-refractivity contribution in [3.05, 3.63) is 119 Å². The van der Waals surface area contributed by atoms with Crippen molar-refractivity contribution in [3.8, 4) is 0 Å². The molecule has 0 spiro atoms. The highest BCUT2D eigenvalue weighted by Crippen LogP contribution is 2.42. The van der Waals surface area contributed by atoms with Gasteiger partial charge in [0.15, 0.2) is 0 Å². The summed E-state index contributed by atoms with van der Waals surface area (Å²) in [5, 5.41) is 0.793. The Labute approximate surface area is 196 Å². The predicted octanol–water partition coefficient (Wildman–Crippen LogP) is 5.32. The first-order valence-electron chi connectivity index (χ1n) is 11.5. The van der Waals surface area contributed by atoms with E-state index in [1.807, 2.05) is 18.3 Å². The van der Waals surface area contributed by atoms with E-state index in [9.17, 15) is 0 Å². The summed E-state index contributed by atoms with van der Waals surface area (Å²) in [6.45, 7) is 3.09. The highest BCUT2D eigenvalue weighted by molar-refractivity contribution is 6.30. The first kappa shape index (κ1) is 21.3. The zero-order valence-electron chi connectivity index (χ0n) is 18.3. The Kier molecular flexibility index (Phi) is 6.05. The Morgan fingerprint density at radius 1 is 0.812 bits per heavy atom. The first-order chi connectivity index (χ1) is 15.7. The monoisotopic (exact) mass is 443 g/mol. The maximum atomic E-state index is 6.25. The van der Waals surface area contributed by atoms with E-state index in [2.05, 4.69) is 94.6 Å². The summed E-state index contributed by atoms with van der Waals surface area (Å²) in [5.74, 6) is 0. The van der Waals surface area contributed by atoms with Crippen molar-refractivity contribution < 1.29 is 0 Å². The maximum absolute atomic E-state index is 6.25. The van der Waals surface area contributed by atoms with E-state index in [4.69, 9.17) is 11.6 Å². The number of halogens is 1. The van der Waals surface area contributed by atoms with Crippen molar-refractivity contribution in [2.75, 3.05) is 19.6 Å². The average Bonchev–Trinajstić information content (AvgIpc) is 3.29. The second-order valence-electron chi connectivity index (χ2n) is 9.16. The molecule has 164 valence electrons. The second kappa shape index (κ2) is 9.11. The summed E-state index contributed by atoms with van der Waals surface area (Å²) in [4.78, 5) is 2.61. The molecule has 1 unspecified atom stereocenters. The molecule has 3 aromatic rings. The van der Waals surface area contributed by atoms with Crippen LogP contribution in [0.5, 0.6) is 0 Å². The molecule has 0 aromatic heterocycles. The van der Waals surface area contributed by atoms with E-state index >= 15 is 0 Å². The molecule has 2 aliphatic heterocycles. The van der Waals surface area contributed by atoms with Crippen LogP contribution in [0.25, 0.3) is 0 Å². The third-order valence-electron chi connectivity index (χ3n) is 7.08. The number of nitrogens with one attached hydrogen (secondary N) is 2. The highest BCUT2D eigenvalue weighted by Gasteiger charge is 2.40. The summed E-state index contributed by atoms with van der Waals surface area (Å²) in [5.41, 5.74) is 10.8. The Morgan fingerprint density at radius 2 is 1.47 bits per heavy atom. The van der Waals surface area contributed by atoms with Crippen molar-refractivity contribution >= 4 is 11.6 Å². The van der Waals surface area contributed by atoms with Crippen LogP contribution in [0.1, 0.15) is 29.5 Å². The lowest BCUT2D eigenvalue weighted by Crippen LogP contribution is -2.56. The van der Waals surface area contributed by atoms with Gasteiger partial charge in [0.2, 0.25) is 0 Å². The van der Waals surface area contributed by atoms with Gasteiger partial charge in [0.1, 0.15) is 0 Å². The van der Waals surface area contributed by atoms with E-state index < -0.39 is 0 Å². The number of hydrazine groups is 1. The SMILES string of the molecule is Clc1cccc(CC2(CN3CCC(c4ccccc4)(c4ccccc4)CC3)C=CNN2)c1. The van der Waals surface area contributed by atoms with Gasteiger partial charge in [-0.25, -0.2) is 5.43 Å². The summed E-state index contributed by atoms with van der Waals surface area (Å²) in [6.07, 6.45) is 7.42. The number of benzene rings is 3. The topological polar surface area (TPSA) is 27.3 Å². The molecule has 0 aliphatic carbocycles. The lowest BCUT2D eigenvalue weighted by Gasteiger charge is -2.45. The van der Waals surface area contributed by atoms with Crippen molar-refractivity contribution in [3.63, 3.8) is 0 Å². The fourth-order valence-electron chi connectivity index (χ4n) is 5.44. The van der Waals surface area contributed by atoms with Crippen LogP contribution in [0.3, 0.4) is 0 Å². The highest BCUT2D eigenvalue weighted by atomic mass is 35.5. The van der Waals surface area contributed by atoms with E-state index in [-0.39, 0.29) is 11.0 Å². The van der Waals surface area contributed by atoms with Gasteiger partial charge in [0.05, 0.1) is 5.54 Å². The van der Waals surface area contributed by atoms with Crippen LogP contribution in [0.15, 0.2) is 97.2 Å². The molecule has 0 radical (unpaired) electrons. The minimum Gasteiger partial charge on any atom is -0.328 e. The van der Waals surface area contributed by atoms with E-state index in [0.29, 0.717) is 0 Å². The van der Waals surface area contributed by atoms with Gasteiger partial charge in [0.25, 0.3) is 0 Å². The Balaban J connectivity index is 1.35. The Hall–Kier alpha value is -2.59. The third-order valence-corrected chi connectivity index (χ3v) is 7.32. The Morgan fingerprint density at radius 3 is 2.03 bits per heavy atom. The van der Waals surface area contributed by atoms with Gasteiger partial charge in [-0.05, 0) is 67.3 Å². The largest absolute Gasteiger partial charge is 0.328 e. The standard InChI is InChI=1S/C28H30ClN3/c29-26-13-7-8-23(20-26)21-27(14-17-30-31-27)22-32-18-15-28(16-19-32,24-9-3-1-4-10-24)25-11-5-2-6-12-25/h1-14,17,20,30-31H,15-16,18-19,21-22H2. The minimum atomic E-state index is -0.135. The van der Waals surface area contributed by atoms with Crippen LogP contribution in [-0.4, -0.2) is 30.1 Å². The zero-order chi connectivity index (χ0) is 21.9. The van der Waals surface area contributed by atoms with Crippen LogP contribution in [-0.2, 0) is 11.8 Å². The molecule has 32 heavy (non-hydrogen) atoms. The molecule has 5 rings (SSSR count). The Bertz CT molecular complexity index is 1020. The number of nitrogens with zero attached hydrogens (tertiary/aromatic N) is 1. The molecule has 2 heterocycles. The van der Waals surface area contributed by atoms with Gasteiger partial charge in [-0.1, -0.05) is 84.4 Å². The van der Waals surface area contributed by atoms with E-state index in [0.717, 1.165) is 43.9 Å². The fourth-order valence-corrected chi connectivity index (χ4v) is 5.65. The smallest absolute Gasteiger partial charge is 0.0734 e. The molecule has 3 nitrogen and oxygen atoms in total. The van der Waals surface area contributed by atoms with Crippen LogP contribution < -0.4 is 10.9 Å². The van der Waals surface area contributed by atoms with Gasteiger partial charge in [0, 0.05) is 23.2 Å². The molecule has 1 saturated heterocycles. The summed E-state index contributed by atoms with van der Waals surface area (Å²) < 4.78 is 0. The molecule has 3 aromatic carbocycles. The predicted molar refractivity (Wildman–Crippen MR) is 133 cm³/mol. The van der Waals surface area contributed by atoms with Gasteiger partial charge in [-0.2, -0.15) is 0 Å². The fraction of sp³-hybridized carbons (Fsp3) is 0.286. The number of piperidine rings is 1. The molecule has 2 N–H and O–H groups in total. The number of rotatable bonds is 6. The van der Waals surface area contributed by atoms with Gasteiger partial charge < -0.3 is 10.3 Å². The minimum absolute atomic E-state index is 0.0797. The molecular weight excluding hydrogens is 414 g/mol. The van der Waals surface area contributed by atoms with Gasteiger partial charge in [-0.15, -0.1) is 0 Å². The molecule has 2 aliphatic rings. The molecular formula is C28H30ClN3. The van der Waals surface area contributed by atoms with Crippen LogP contribution in [0.4, 0.5) is 0 Å². The molecule has 4 heteroatoms. The van der Waals surface area contributed by atoms with Crippen LogP contribution >= 0.6 is 11.6 Å². The normalized spacial score (nSPS) is 22.5. The van der Waals surface area contributed by atoms with Crippen molar-refractivity contribution in [2.45, 2.75) is 30.2 Å². The molecule has 0 bridgehead atoms. The molecule has 0 saturated carbocycles. The van der Waals surface area contributed by atoms with Crippen molar-refractivity contribution in [1.29, 1.82) is 0 Å². The number of likely N-dealkylation sites (tertiary alicyclic amines) is 1. The van der Waals surface area contributed by atoms with Crippen molar-refractivity contribution in [2.24, 2.45) is 0 Å². The summed E-state index contributed by atoms with van der Waals surface area (Å²) in [7, 11) is 0. The molecule has 1 fully saturated rings. The summed E-state index contributed by atoms with van der Waals surface area (Å²) >= 11 is 6.25. The first-order valence-corrected chi connectivity index (χ1v) is 11.8. The van der Waals surface area contributed by atoms with Crippen molar-refractivity contribution in [1.82, 2.24) is 15.8 Å². The third kappa shape index (κ3) is 4.33. The average molecular weight is 444 g/mol. The van der Waals surface area contributed by atoms with Gasteiger partial charge >= 0.3 is 0 Å². The second-order valence-corrected chi connectivity index (χ2v) is 9.59. The van der Waals surface area contributed by atoms with Crippen LogP contribution in [0.2, 0.25) is 5.02 Å². The van der Waals surface area contributed by atoms with E-state index in [1.165, 1.54) is 16.7 Å². The zero-order valence-corrected chi connectivity index (χ0v) is 19.1. The maximum Gasteiger partial charge on any atom is 0.0734 e. The summed E-state index contributed by atoms with van der Waals surface area (Å²) in [6, 6.07) is 30.3. The molecule has 0 amide bonds. The van der Waals surface area contributed by atoms with Crippen LogP contribution in [0, 0.1) is 0 Å². The molecule has 1 atom stereocenters. The number of hydrogen-bond acceptors (Lipinski definition) is 3. The number of hydrogen-bond donors (Lipinski definition) is 2. The lowest BCUT2D eigenvalue weighted by molar-refractivity contribution is 0.144. The lowest BCUT2D eigenvalue weighted by atomic mass is 9.68. The van der Waals surface area contributed by atoms with E-state index in [1.54, 1.807) is 0 Å². The quantitative estimate of drug-likeness (QED) is 0.539. The van der Waals surface area contributed by atoms with Gasteiger partial charge in [-0.3, -0.25) is 0 Å².